The van der Waals surface area contributed by atoms with Crippen LogP contribution in [0.15, 0.2) is 102 Å². The molecule has 2 N–H and O–H groups in total. The summed E-state index contributed by atoms with van der Waals surface area (Å²) in [6.45, 7) is 0. The zero-order chi connectivity index (χ0) is 24.4. The molecule has 1 unspecified atom stereocenters. The van der Waals surface area contributed by atoms with Gasteiger partial charge >= 0.3 is 0 Å². The molecule has 0 bridgehead atoms. The standard InChI is InChI=1S/C29H23N3O2S2/c33-28(20-7-2-1-3-8-20)30-21-9-4-10-22(17-21)34-23-12-13-24-25(18-23)31-32-26(24)19-29(14-6-16-36-29)27-11-5-15-35-27/h1-13,15-18H,14,19H2,(H,30,33)(H,31,32). The van der Waals surface area contributed by atoms with E-state index in [9.17, 15) is 4.79 Å². The molecule has 0 radical (unpaired) electrons. The third-order valence-electron chi connectivity index (χ3n) is 6.24. The van der Waals surface area contributed by atoms with Crippen molar-refractivity contribution in [2.45, 2.75) is 17.6 Å². The van der Waals surface area contributed by atoms with Gasteiger partial charge in [-0.3, -0.25) is 9.89 Å². The van der Waals surface area contributed by atoms with Crippen molar-refractivity contribution < 1.29 is 9.53 Å². The van der Waals surface area contributed by atoms with Crippen LogP contribution in [0.1, 0.15) is 27.3 Å². The summed E-state index contributed by atoms with van der Waals surface area (Å²) in [4.78, 5) is 13.9. The quantitative estimate of drug-likeness (QED) is 0.235. The molecule has 5 nitrogen and oxygen atoms in total. The zero-order valence-electron chi connectivity index (χ0n) is 19.3. The summed E-state index contributed by atoms with van der Waals surface area (Å²) in [7, 11) is 0. The van der Waals surface area contributed by atoms with Crippen LogP contribution in [0.3, 0.4) is 0 Å². The molecule has 1 aliphatic rings. The maximum Gasteiger partial charge on any atom is 0.255 e. The summed E-state index contributed by atoms with van der Waals surface area (Å²) in [6, 6.07) is 26.9. The van der Waals surface area contributed by atoms with Gasteiger partial charge in [0.25, 0.3) is 5.91 Å². The van der Waals surface area contributed by atoms with E-state index in [0.29, 0.717) is 22.7 Å². The number of nitrogens with one attached hydrogen (secondary N) is 2. The number of H-pyrrole nitrogens is 1. The van der Waals surface area contributed by atoms with Crippen molar-refractivity contribution in [3.8, 4) is 11.5 Å². The highest BCUT2D eigenvalue weighted by Crippen LogP contribution is 2.49. The summed E-state index contributed by atoms with van der Waals surface area (Å²) in [6.07, 6.45) is 4.15. The molecular weight excluding hydrogens is 486 g/mol. The van der Waals surface area contributed by atoms with Gasteiger partial charge in [0.15, 0.2) is 0 Å². The van der Waals surface area contributed by atoms with Crippen LogP contribution in [0.25, 0.3) is 10.9 Å². The highest BCUT2D eigenvalue weighted by Gasteiger charge is 2.36. The van der Waals surface area contributed by atoms with Crippen molar-refractivity contribution in [2.24, 2.45) is 0 Å². The SMILES string of the molecule is O=C(Nc1cccc(Oc2ccc3c(CC4(c5cccs5)CC=CS4)[nH]nc3c2)c1)c1ccccc1. The number of amides is 1. The molecule has 0 saturated heterocycles. The summed E-state index contributed by atoms with van der Waals surface area (Å²) in [5, 5.41) is 16.2. The number of carbonyl (C=O) groups is 1. The Morgan fingerprint density at radius 1 is 1.00 bits per heavy atom. The molecule has 6 rings (SSSR count). The number of aromatic nitrogens is 2. The Labute approximate surface area is 217 Å². The summed E-state index contributed by atoms with van der Waals surface area (Å²) < 4.78 is 6.14. The Bertz CT molecular complexity index is 1530. The second kappa shape index (κ2) is 9.68. The minimum absolute atomic E-state index is 0.0213. The van der Waals surface area contributed by atoms with Crippen LogP contribution in [-0.4, -0.2) is 16.1 Å². The van der Waals surface area contributed by atoms with Crippen molar-refractivity contribution in [3.63, 3.8) is 0 Å². The lowest BCUT2D eigenvalue weighted by molar-refractivity contribution is 0.102. The van der Waals surface area contributed by atoms with Crippen molar-refractivity contribution in [1.82, 2.24) is 10.2 Å². The first-order valence-corrected chi connectivity index (χ1v) is 13.4. The molecule has 1 atom stereocenters. The molecular formula is C29H23N3O2S2. The molecule has 3 aromatic carbocycles. The molecule has 0 fully saturated rings. The molecule has 5 aromatic rings. The van der Waals surface area contributed by atoms with Gasteiger partial charge in [0.05, 0.1) is 10.3 Å². The Morgan fingerprint density at radius 2 is 1.89 bits per heavy atom. The lowest BCUT2D eigenvalue weighted by Crippen LogP contribution is -2.20. The van der Waals surface area contributed by atoms with Crippen LogP contribution < -0.4 is 10.1 Å². The lowest BCUT2D eigenvalue weighted by Gasteiger charge is -2.26. The number of fused-ring (bicyclic) bond motifs is 1. The fourth-order valence-corrected chi connectivity index (χ4v) is 6.64. The van der Waals surface area contributed by atoms with Crippen molar-refractivity contribution in [1.29, 1.82) is 0 Å². The Balaban J connectivity index is 1.19. The second-order valence-corrected chi connectivity index (χ2v) is 10.9. The number of nitrogens with zero attached hydrogens (tertiary/aromatic N) is 1. The summed E-state index contributed by atoms with van der Waals surface area (Å²) >= 11 is 3.70. The monoisotopic (exact) mass is 509 g/mol. The fraction of sp³-hybridized carbons (Fsp3) is 0.103. The average molecular weight is 510 g/mol. The molecule has 7 heteroatoms. The van der Waals surface area contributed by atoms with Gasteiger partial charge < -0.3 is 10.1 Å². The van der Waals surface area contributed by atoms with E-state index >= 15 is 0 Å². The topological polar surface area (TPSA) is 67.0 Å². The van der Waals surface area contributed by atoms with Gasteiger partial charge in [0.1, 0.15) is 11.5 Å². The Morgan fingerprint density at radius 3 is 2.69 bits per heavy atom. The van der Waals surface area contributed by atoms with Crippen LogP contribution in [0.4, 0.5) is 5.69 Å². The van der Waals surface area contributed by atoms with Crippen LogP contribution in [0.2, 0.25) is 0 Å². The number of aromatic amines is 1. The van der Waals surface area contributed by atoms with Gasteiger partial charge in [-0.15, -0.1) is 23.1 Å². The molecule has 0 saturated carbocycles. The van der Waals surface area contributed by atoms with Crippen molar-refractivity contribution in [3.05, 3.63) is 118 Å². The minimum Gasteiger partial charge on any atom is -0.457 e. The number of benzene rings is 3. The lowest BCUT2D eigenvalue weighted by atomic mass is 9.95. The van der Waals surface area contributed by atoms with E-state index in [0.717, 1.165) is 29.4 Å². The molecule has 1 amide bonds. The molecule has 36 heavy (non-hydrogen) atoms. The van der Waals surface area contributed by atoms with Gasteiger partial charge in [-0.05, 0) is 59.7 Å². The highest BCUT2D eigenvalue weighted by atomic mass is 32.2. The first-order chi connectivity index (χ1) is 17.7. The number of ether oxygens (including phenoxy) is 1. The van der Waals surface area contributed by atoms with Crippen molar-refractivity contribution >= 4 is 45.6 Å². The zero-order valence-corrected chi connectivity index (χ0v) is 20.9. The maximum absolute atomic E-state index is 12.5. The minimum atomic E-state index is -0.158. The van der Waals surface area contributed by atoms with Crippen LogP contribution in [0, 0.1) is 0 Å². The van der Waals surface area contributed by atoms with E-state index in [-0.39, 0.29) is 10.7 Å². The number of thioether (sulfide) groups is 1. The number of hydrogen-bond acceptors (Lipinski definition) is 5. The van der Waals surface area contributed by atoms with Gasteiger partial charge in [0.2, 0.25) is 0 Å². The maximum atomic E-state index is 12.5. The summed E-state index contributed by atoms with van der Waals surface area (Å²) in [5.41, 5.74) is 3.28. The predicted octanol–water partition coefficient (Wildman–Crippen LogP) is 7.76. The fourth-order valence-electron chi connectivity index (χ4n) is 4.46. The predicted molar refractivity (Wildman–Crippen MR) is 148 cm³/mol. The van der Waals surface area contributed by atoms with E-state index in [2.05, 4.69) is 50.6 Å². The van der Waals surface area contributed by atoms with Gasteiger partial charge in [-0.2, -0.15) is 5.10 Å². The molecule has 3 heterocycles. The van der Waals surface area contributed by atoms with E-state index in [4.69, 9.17) is 4.74 Å². The van der Waals surface area contributed by atoms with E-state index in [1.807, 2.05) is 77.7 Å². The number of allylic oxidation sites excluding steroid dienone is 1. The van der Waals surface area contributed by atoms with Crippen LogP contribution in [-0.2, 0) is 11.2 Å². The number of carbonyl (C=O) groups excluding carboxylic acids is 1. The van der Waals surface area contributed by atoms with E-state index < -0.39 is 0 Å². The summed E-state index contributed by atoms with van der Waals surface area (Å²) in [5.74, 6) is 1.17. The molecule has 178 valence electrons. The number of hydrogen-bond donors (Lipinski definition) is 2. The Hall–Kier alpha value is -3.81. The first-order valence-electron chi connectivity index (χ1n) is 11.7. The normalized spacial score (nSPS) is 16.9. The van der Waals surface area contributed by atoms with Crippen molar-refractivity contribution in [2.75, 3.05) is 5.32 Å². The third kappa shape index (κ3) is 4.55. The molecule has 0 aliphatic carbocycles. The Kier molecular flexibility index (Phi) is 6.09. The molecule has 2 aromatic heterocycles. The molecule has 1 aliphatic heterocycles. The smallest absolute Gasteiger partial charge is 0.255 e. The van der Waals surface area contributed by atoms with Crippen LogP contribution >= 0.6 is 23.1 Å². The highest BCUT2D eigenvalue weighted by molar-refractivity contribution is 8.03. The van der Waals surface area contributed by atoms with E-state index in [1.54, 1.807) is 12.1 Å². The van der Waals surface area contributed by atoms with Gasteiger partial charge in [-0.25, -0.2) is 0 Å². The third-order valence-corrected chi connectivity index (χ3v) is 8.75. The number of thiophene rings is 1. The second-order valence-electron chi connectivity index (χ2n) is 8.67. The van der Waals surface area contributed by atoms with E-state index in [1.165, 1.54) is 4.88 Å². The van der Waals surface area contributed by atoms with Gasteiger partial charge in [0, 0.05) is 45.8 Å². The largest absolute Gasteiger partial charge is 0.457 e. The number of rotatable bonds is 7. The van der Waals surface area contributed by atoms with Crippen LogP contribution in [0.5, 0.6) is 11.5 Å². The van der Waals surface area contributed by atoms with Gasteiger partial charge in [-0.1, -0.05) is 36.4 Å². The average Bonchev–Trinajstić information content (AvgIpc) is 3.67. The molecule has 0 spiro atoms. The first kappa shape index (κ1) is 22.6. The number of anilines is 1.